The minimum atomic E-state index is -0.590. The quantitative estimate of drug-likeness (QED) is 0.788. The molecule has 8 heteroatoms. The lowest BCUT2D eigenvalue weighted by Gasteiger charge is -2.14. The van der Waals surface area contributed by atoms with Crippen LogP contribution in [0.2, 0.25) is 0 Å². The van der Waals surface area contributed by atoms with E-state index in [9.17, 15) is 9.59 Å². The number of amides is 2. The summed E-state index contributed by atoms with van der Waals surface area (Å²) >= 11 is 0. The standard InChI is InChI=1S/C13H16N6O2/c1-3-14-9-7-19-5-4-15-12(19)11(17-9)16-8-6-10(20)18(2)13(8)21/h4-5,7-8,14H,3,6H2,1-2H3,(H,16,17). The predicted octanol–water partition coefficient (Wildman–Crippen LogP) is 0.330. The number of hydrogen-bond donors (Lipinski definition) is 2. The SMILES string of the molecule is CCNc1cn2ccnc2c(NC2CC(=O)N(C)C2=O)n1. The van der Waals surface area contributed by atoms with Crippen LogP contribution in [0.1, 0.15) is 13.3 Å². The van der Waals surface area contributed by atoms with Crippen LogP contribution in [-0.2, 0) is 9.59 Å². The Morgan fingerprint density at radius 3 is 2.90 bits per heavy atom. The summed E-state index contributed by atoms with van der Waals surface area (Å²) < 4.78 is 1.82. The van der Waals surface area contributed by atoms with Crippen LogP contribution >= 0.6 is 0 Å². The number of nitrogens with one attached hydrogen (secondary N) is 2. The van der Waals surface area contributed by atoms with Crippen molar-refractivity contribution in [2.75, 3.05) is 24.2 Å². The van der Waals surface area contributed by atoms with E-state index in [0.29, 0.717) is 17.3 Å². The van der Waals surface area contributed by atoms with E-state index in [0.717, 1.165) is 11.4 Å². The van der Waals surface area contributed by atoms with E-state index in [-0.39, 0.29) is 18.2 Å². The number of imide groups is 1. The van der Waals surface area contributed by atoms with Crippen LogP contribution in [0, 0.1) is 0 Å². The number of fused-ring (bicyclic) bond motifs is 1. The van der Waals surface area contributed by atoms with Gasteiger partial charge < -0.3 is 15.0 Å². The number of hydrogen-bond acceptors (Lipinski definition) is 6. The molecule has 2 N–H and O–H groups in total. The minimum absolute atomic E-state index is 0.134. The van der Waals surface area contributed by atoms with Crippen molar-refractivity contribution in [3.63, 3.8) is 0 Å². The first-order valence-corrected chi connectivity index (χ1v) is 6.74. The zero-order chi connectivity index (χ0) is 15.0. The van der Waals surface area contributed by atoms with E-state index in [4.69, 9.17) is 0 Å². The van der Waals surface area contributed by atoms with Gasteiger partial charge in [0.2, 0.25) is 5.91 Å². The molecule has 2 aromatic rings. The van der Waals surface area contributed by atoms with Crippen molar-refractivity contribution >= 4 is 29.1 Å². The topological polar surface area (TPSA) is 91.6 Å². The smallest absolute Gasteiger partial charge is 0.251 e. The summed E-state index contributed by atoms with van der Waals surface area (Å²) in [6.45, 7) is 2.71. The molecular formula is C13H16N6O2. The summed E-state index contributed by atoms with van der Waals surface area (Å²) in [4.78, 5) is 33.3. The number of rotatable bonds is 4. The number of aromatic nitrogens is 3. The number of carbonyl (C=O) groups excluding carboxylic acids is 2. The van der Waals surface area contributed by atoms with Gasteiger partial charge in [-0.15, -0.1) is 0 Å². The average molecular weight is 288 g/mol. The molecule has 21 heavy (non-hydrogen) atoms. The second-order valence-corrected chi connectivity index (χ2v) is 4.86. The van der Waals surface area contributed by atoms with Crippen molar-refractivity contribution in [1.29, 1.82) is 0 Å². The molecule has 1 fully saturated rings. The summed E-state index contributed by atoms with van der Waals surface area (Å²) in [5, 5.41) is 6.15. The number of likely N-dealkylation sites (N-methyl/N-ethyl adjacent to an activating group) is 1. The molecule has 2 aromatic heterocycles. The van der Waals surface area contributed by atoms with Crippen LogP contribution in [0.4, 0.5) is 11.6 Å². The van der Waals surface area contributed by atoms with E-state index in [1.54, 1.807) is 12.4 Å². The van der Waals surface area contributed by atoms with Crippen molar-refractivity contribution in [1.82, 2.24) is 19.3 Å². The summed E-state index contributed by atoms with van der Waals surface area (Å²) in [7, 11) is 1.49. The van der Waals surface area contributed by atoms with Gasteiger partial charge in [0.1, 0.15) is 11.9 Å². The van der Waals surface area contributed by atoms with Crippen LogP contribution < -0.4 is 10.6 Å². The van der Waals surface area contributed by atoms with Crippen molar-refractivity contribution in [3.05, 3.63) is 18.6 Å². The monoisotopic (exact) mass is 288 g/mol. The van der Waals surface area contributed by atoms with Crippen LogP contribution in [0.3, 0.4) is 0 Å². The number of imidazole rings is 1. The Kier molecular flexibility index (Phi) is 3.20. The molecule has 0 bridgehead atoms. The molecule has 0 radical (unpaired) electrons. The highest BCUT2D eigenvalue weighted by molar-refractivity contribution is 6.06. The molecule has 0 aromatic carbocycles. The third-order valence-electron chi connectivity index (χ3n) is 3.42. The lowest BCUT2D eigenvalue weighted by molar-refractivity contribution is -0.136. The number of anilines is 2. The highest BCUT2D eigenvalue weighted by atomic mass is 16.2. The van der Waals surface area contributed by atoms with Crippen LogP contribution in [0.5, 0.6) is 0 Å². The number of nitrogens with zero attached hydrogens (tertiary/aromatic N) is 4. The molecular weight excluding hydrogens is 272 g/mol. The Labute approximate surface area is 121 Å². The molecule has 1 aliphatic heterocycles. The molecule has 1 atom stereocenters. The lowest BCUT2D eigenvalue weighted by atomic mass is 10.2. The van der Waals surface area contributed by atoms with Crippen molar-refractivity contribution in [3.8, 4) is 0 Å². The predicted molar refractivity (Wildman–Crippen MR) is 77.0 cm³/mol. The Bertz CT molecular complexity index is 710. The first-order valence-electron chi connectivity index (χ1n) is 6.74. The Hall–Kier alpha value is -2.64. The van der Waals surface area contributed by atoms with Crippen molar-refractivity contribution in [2.45, 2.75) is 19.4 Å². The van der Waals surface area contributed by atoms with E-state index in [1.807, 2.05) is 17.5 Å². The van der Waals surface area contributed by atoms with Gasteiger partial charge in [0, 0.05) is 26.0 Å². The highest BCUT2D eigenvalue weighted by Crippen LogP contribution is 2.21. The van der Waals surface area contributed by atoms with Gasteiger partial charge in [-0.3, -0.25) is 14.5 Å². The molecule has 110 valence electrons. The fraction of sp³-hybridized carbons (Fsp3) is 0.385. The first-order chi connectivity index (χ1) is 10.1. The first kappa shape index (κ1) is 13.3. The molecule has 8 nitrogen and oxygen atoms in total. The minimum Gasteiger partial charge on any atom is -0.369 e. The third kappa shape index (κ3) is 2.28. The second-order valence-electron chi connectivity index (χ2n) is 4.86. The van der Waals surface area contributed by atoms with Gasteiger partial charge in [0.15, 0.2) is 11.5 Å². The summed E-state index contributed by atoms with van der Waals surface area (Å²) in [5.74, 6) is 0.718. The maximum absolute atomic E-state index is 12.0. The van der Waals surface area contributed by atoms with Gasteiger partial charge in [-0.2, -0.15) is 0 Å². The zero-order valence-corrected chi connectivity index (χ0v) is 11.8. The fourth-order valence-electron chi connectivity index (χ4n) is 2.33. The normalized spacial score (nSPS) is 18.6. The third-order valence-corrected chi connectivity index (χ3v) is 3.42. The van der Waals surface area contributed by atoms with Gasteiger partial charge in [-0.05, 0) is 6.92 Å². The maximum Gasteiger partial charge on any atom is 0.251 e. The molecule has 3 heterocycles. The van der Waals surface area contributed by atoms with E-state index in [1.165, 1.54) is 7.05 Å². The summed E-state index contributed by atoms with van der Waals surface area (Å²) in [5.41, 5.74) is 0.617. The van der Waals surface area contributed by atoms with Crippen molar-refractivity contribution < 1.29 is 9.59 Å². The summed E-state index contributed by atoms with van der Waals surface area (Å²) in [6.07, 6.45) is 5.42. The van der Waals surface area contributed by atoms with Crippen molar-refractivity contribution in [2.24, 2.45) is 0 Å². The van der Waals surface area contributed by atoms with Crippen LogP contribution in [-0.4, -0.2) is 50.7 Å². The molecule has 3 rings (SSSR count). The van der Waals surface area contributed by atoms with Crippen LogP contribution in [0.15, 0.2) is 18.6 Å². The zero-order valence-electron chi connectivity index (χ0n) is 11.8. The Balaban J connectivity index is 1.94. The van der Waals surface area contributed by atoms with E-state index < -0.39 is 6.04 Å². The van der Waals surface area contributed by atoms with Gasteiger partial charge >= 0.3 is 0 Å². The number of likely N-dealkylation sites (tertiary alicyclic amines) is 1. The molecule has 1 saturated heterocycles. The number of carbonyl (C=O) groups is 2. The molecule has 1 aliphatic rings. The molecule has 0 aliphatic carbocycles. The average Bonchev–Trinajstić information content (AvgIpc) is 3.01. The maximum atomic E-state index is 12.0. The Morgan fingerprint density at radius 1 is 1.43 bits per heavy atom. The largest absolute Gasteiger partial charge is 0.369 e. The lowest BCUT2D eigenvalue weighted by Crippen LogP contribution is -2.32. The Morgan fingerprint density at radius 2 is 2.24 bits per heavy atom. The molecule has 1 unspecified atom stereocenters. The van der Waals surface area contributed by atoms with Gasteiger partial charge in [-0.25, -0.2) is 9.97 Å². The molecule has 0 spiro atoms. The van der Waals surface area contributed by atoms with E-state index >= 15 is 0 Å². The van der Waals surface area contributed by atoms with E-state index in [2.05, 4.69) is 20.6 Å². The van der Waals surface area contributed by atoms with Crippen LogP contribution in [0.25, 0.3) is 5.65 Å². The van der Waals surface area contributed by atoms with Gasteiger partial charge in [-0.1, -0.05) is 0 Å². The fourth-order valence-corrected chi connectivity index (χ4v) is 2.33. The molecule has 0 saturated carbocycles. The summed E-state index contributed by atoms with van der Waals surface area (Å²) in [6, 6.07) is -0.590. The van der Waals surface area contributed by atoms with Gasteiger partial charge in [0.25, 0.3) is 5.91 Å². The second kappa shape index (κ2) is 5.04. The highest BCUT2D eigenvalue weighted by Gasteiger charge is 2.36. The van der Waals surface area contributed by atoms with Gasteiger partial charge in [0.05, 0.1) is 12.6 Å². The molecule has 2 amide bonds.